The van der Waals surface area contributed by atoms with Gasteiger partial charge in [-0.2, -0.15) is 0 Å². The van der Waals surface area contributed by atoms with E-state index in [4.69, 9.17) is 6.42 Å². The maximum Gasteiger partial charge on any atom is 0.329 e. The van der Waals surface area contributed by atoms with Crippen molar-refractivity contribution in [2.45, 2.75) is 12.5 Å². The molecule has 0 fully saturated rings. The molecule has 0 saturated carbocycles. The summed E-state index contributed by atoms with van der Waals surface area (Å²) in [6.07, 6.45) is 4.97. The molecular formula is C13H11F2NO3. The molecule has 4 nitrogen and oxygen atoms in total. The lowest BCUT2D eigenvalue weighted by molar-refractivity contribution is -0.142. The molecule has 0 aliphatic heterocycles. The number of benzene rings is 1. The number of nitrogens with one attached hydrogen (secondary N) is 1. The number of carbonyl (C=O) groups is 2. The van der Waals surface area contributed by atoms with Gasteiger partial charge in [0, 0.05) is 18.1 Å². The Morgan fingerprint density at radius 2 is 1.95 bits per heavy atom. The molecule has 0 aliphatic carbocycles. The third kappa shape index (κ3) is 4.07. The van der Waals surface area contributed by atoms with Crippen molar-refractivity contribution in [3.05, 3.63) is 35.4 Å². The SMILES string of the molecule is C#CC[C@H](NC(=O)c1cc(F)cc(F)c1)C(=O)OC. The van der Waals surface area contributed by atoms with Gasteiger partial charge in [-0.15, -0.1) is 12.3 Å². The van der Waals surface area contributed by atoms with Crippen molar-refractivity contribution < 1.29 is 23.1 Å². The van der Waals surface area contributed by atoms with Gasteiger partial charge in [0.25, 0.3) is 5.91 Å². The van der Waals surface area contributed by atoms with E-state index in [1.807, 2.05) is 0 Å². The van der Waals surface area contributed by atoms with Crippen LogP contribution in [-0.4, -0.2) is 25.0 Å². The first kappa shape index (κ1) is 14.6. The summed E-state index contributed by atoms with van der Waals surface area (Å²) in [6, 6.07) is 1.27. The highest BCUT2D eigenvalue weighted by Gasteiger charge is 2.21. The normalized spacial score (nSPS) is 11.3. The number of amides is 1. The van der Waals surface area contributed by atoms with Gasteiger partial charge in [-0.1, -0.05) is 0 Å². The molecule has 0 spiro atoms. The fourth-order valence-electron chi connectivity index (χ4n) is 1.38. The number of ether oxygens (including phenoxy) is 1. The van der Waals surface area contributed by atoms with Crippen LogP contribution in [0.25, 0.3) is 0 Å². The van der Waals surface area contributed by atoms with Crippen molar-refractivity contribution in [2.24, 2.45) is 0 Å². The summed E-state index contributed by atoms with van der Waals surface area (Å²) in [7, 11) is 1.14. The lowest BCUT2D eigenvalue weighted by Crippen LogP contribution is -2.41. The van der Waals surface area contributed by atoms with Crippen LogP contribution in [0.1, 0.15) is 16.8 Å². The van der Waals surface area contributed by atoms with Crippen molar-refractivity contribution in [3.63, 3.8) is 0 Å². The van der Waals surface area contributed by atoms with Crippen LogP contribution in [0.4, 0.5) is 8.78 Å². The lowest BCUT2D eigenvalue weighted by Gasteiger charge is -2.14. The van der Waals surface area contributed by atoms with Crippen LogP contribution in [0.5, 0.6) is 0 Å². The van der Waals surface area contributed by atoms with Gasteiger partial charge in [0.2, 0.25) is 0 Å². The summed E-state index contributed by atoms with van der Waals surface area (Å²) in [6.45, 7) is 0. The summed E-state index contributed by atoms with van der Waals surface area (Å²) in [5.41, 5.74) is -0.247. The second-order valence-corrected chi connectivity index (χ2v) is 3.62. The van der Waals surface area contributed by atoms with Crippen LogP contribution in [0.15, 0.2) is 18.2 Å². The summed E-state index contributed by atoms with van der Waals surface area (Å²) in [5, 5.41) is 2.25. The quantitative estimate of drug-likeness (QED) is 0.660. The van der Waals surface area contributed by atoms with E-state index in [2.05, 4.69) is 16.0 Å². The molecule has 0 heterocycles. The average molecular weight is 267 g/mol. The minimum atomic E-state index is -1.06. The highest BCUT2D eigenvalue weighted by molar-refractivity contribution is 5.96. The maximum absolute atomic E-state index is 13.0. The predicted octanol–water partition coefficient (Wildman–Crippen LogP) is 1.26. The van der Waals surface area contributed by atoms with E-state index < -0.39 is 29.6 Å². The Labute approximate surface area is 108 Å². The van der Waals surface area contributed by atoms with E-state index in [1.165, 1.54) is 0 Å². The van der Waals surface area contributed by atoms with Crippen LogP contribution < -0.4 is 5.32 Å². The van der Waals surface area contributed by atoms with Gasteiger partial charge in [0.05, 0.1) is 7.11 Å². The molecule has 1 amide bonds. The molecule has 1 atom stereocenters. The summed E-state index contributed by atoms with van der Waals surface area (Å²) in [4.78, 5) is 23.1. The number of esters is 1. The third-order valence-electron chi connectivity index (χ3n) is 2.24. The van der Waals surface area contributed by atoms with Gasteiger partial charge >= 0.3 is 5.97 Å². The molecule has 0 aliphatic rings. The largest absolute Gasteiger partial charge is 0.467 e. The minimum Gasteiger partial charge on any atom is -0.467 e. The molecule has 1 N–H and O–H groups in total. The van der Waals surface area contributed by atoms with E-state index in [0.29, 0.717) is 6.07 Å². The second-order valence-electron chi connectivity index (χ2n) is 3.62. The number of rotatable bonds is 4. The standard InChI is InChI=1S/C13H11F2NO3/c1-3-4-11(13(18)19-2)16-12(17)8-5-9(14)7-10(15)6-8/h1,5-7,11H,4H2,2H3,(H,16,17)/t11-/m0/s1. The summed E-state index contributed by atoms with van der Waals surface area (Å²) >= 11 is 0. The molecular weight excluding hydrogens is 256 g/mol. The fourth-order valence-corrected chi connectivity index (χ4v) is 1.38. The molecule has 6 heteroatoms. The zero-order chi connectivity index (χ0) is 14.4. The molecule has 100 valence electrons. The predicted molar refractivity (Wildman–Crippen MR) is 63.1 cm³/mol. The number of methoxy groups -OCH3 is 1. The van der Waals surface area contributed by atoms with E-state index >= 15 is 0 Å². The third-order valence-corrected chi connectivity index (χ3v) is 2.24. The van der Waals surface area contributed by atoms with E-state index in [-0.39, 0.29) is 12.0 Å². The zero-order valence-electron chi connectivity index (χ0n) is 10.1. The molecule has 0 unspecified atom stereocenters. The Morgan fingerprint density at radius 1 is 1.37 bits per heavy atom. The number of hydrogen-bond acceptors (Lipinski definition) is 3. The Morgan fingerprint density at radius 3 is 2.42 bits per heavy atom. The lowest BCUT2D eigenvalue weighted by atomic mass is 10.1. The first-order valence-electron chi connectivity index (χ1n) is 5.26. The first-order chi connectivity index (χ1) is 8.97. The summed E-state index contributed by atoms with van der Waals surface area (Å²) < 4.78 is 30.4. The van der Waals surface area contributed by atoms with Gasteiger partial charge in [-0.05, 0) is 12.1 Å². The molecule has 1 rings (SSSR count). The highest BCUT2D eigenvalue weighted by atomic mass is 19.1. The molecule has 0 radical (unpaired) electrons. The molecule has 19 heavy (non-hydrogen) atoms. The Hall–Kier alpha value is -2.42. The Balaban J connectivity index is 2.87. The van der Waals surface area contributed by atoms with Crippen molar-refractivity contribution >= 4 is 11.9 Å². The van der Waals surface area contributed by atoms with Gasteiger partial charge in [-0.25, -0.2) is 13.6 Å². The number of terminal acetylenes is 1. The van der Waals surface area contributed by atoms with Gasteiger partial charge in [0.1, 0.15) is 17.7 Å². The molecule has 1 aromatic carbocycles. The van der Waals surface area contributed by atoms with E-state index in [1.54, 1.807) is 0 Å². The average Bonchev–Trinajstić information content (AvgIpc) is 2.36. The van der Waals surface area contributed by atoms with E-state index in [9.17, 15) is 18.4 Å². The van der Waals surface area contributed by atoms with Crippen LogP contribution >= 0.6 is 0 Å². The first-order valence-corrected chi connectivity index (χ1v) is 5.26. The zero-order valence-corrected chi connectivity index (χ0v) is 10.1. The minimum absolute atomic E-state index is 0.0871. The number of halogens is 2. The van der Waals surface area contributed by atoms with Gasteiger partial charge < -0.3 is 10.1 Å². The molecule has 1 aromatic rings. The number of carbonyl (C=O) groups excluding carboxylic acids is 2. The number of hydrogen-bond donors (Lipinski definition) is 1. The van der Waals surface area contributed by atoms with Crippen LogP contribution in [-0.2, 0) is 9.53 Å². The maximum atomic E-state index is 13.0. The van der Waals surface area contributed by atoms with Crippen molar-refractivity contribution in [1.82, 2.24) is 5.32 Å². The van der Waals surface area contributed by atoms with E-state index in [0.717, 1.165) is 19.2 Å². The monoisotopic (exact) mass is 267 g/mol. The molecule has 0 bridgehead atoms. The van der Waals surface area contributed by atoms with Gasteiger partial charge in [0.15, 0.2) is 0 Å². The summed E-state index contributed by atoms with van der Waals surface area (Å²) in [5.74, 6) is -1.13. The molecule has 0 saturated heterocycles. The second kappa shape index (κ2) is 6.50. The van der Waals surface area contributed by atoms with Crippen molar-refractivity contribution in [1.29, 1.82) is 0 Å². The smallest absolute Gasteiger partial charge is 0.329 e. The Bertz CT molecular complexity index is 517. The van der Waals surface area contributed by atoms with Crippen LogP contribution in [0.3, 0.4) is 0 Å². The van der Waals surface area contributed by atoms with Crippen LogP contribution in [0.2, 0.25) is 0 Å². The van der Waals surface area contributed by atoms with Gasteiger partial charge in [-0.3, -0.25) is 4.79 Å². The Kier molecular flexibility index (Phi) is 5.01. The van der Waals surface area contributed by atoms with Crippen molar-refractivity contribution in [2.75, 3.05) is 7.11 Å². The van der Waals surface area contributed by atoms with Crippen LogP contribution in [0, 0.1) is 24.0 Å². The van der Waals surface area contributed by atoms with Crippen molar-refractivity contribution in [3.8, 4) is 12.3 Å². The fraction of sp³-hybridized carbons (Fsp3) is 0.231. The topological polar surface area (TPSA) is 55.4 Å². The highest BCUT2D eigenvalue weighted by Crippen LogP contribution is 2.08. The molecule has 0 aromatic heterocycles.